The average Bonchev–Trinajstić information content (AvgIpc) is 2.80. The van der Waals surface area contributed by atoms with E-state index in [9.17, 15) is 8.78 Å². The third kappa shape index (κ3) is 4.07. The predicted molar refractivity (Wildman–Crippen MR) is 72.2 cm³/mol. The second kappa shape index (κ2) is 6.50. The summed E-state index contributed by atoms with van der Waals surface area (Å²) in [5, 5.41) is 3.29. The molecule has 5 heteroatoms. The van der Waals surface area contributed by atoms with Crippen LogP contribution in [-0.4, -0.2) is 23.8 Å². The normalized spacial score (nSPS) is 19.8. The van der Waals surface area contributed by atoms with Crippen LogP contribution < -0.4 is 5.32 Å². The highest BCUT2D eigenvalue weighted by molar-refractivity contribution is 7.99. The van der Waals surface area contributed by atoms with Crippen LogP contribution in [0.15, 0.2) is 29.2 Å². The van der Waals surface area contributed by atoms with Gasteiger partial charge in [-0.25, -0.2) is 0 Å². The van der Waals surface area contributed by atoms with Crippen LogP contribution in [-0.2, 0) is 0 Å². The van der Waals surface area contributed by atoms with Crippen molar-refractivity contribution in [1.82, 2.24) is 0 Å². The molecule has 0 bridgehead atoms. The first-order valence-corrected chi connectivity index (χ1v) is 7.64. The molecule has 0 radical (unpaired) electrons. The van der Waals surface area contributed by atoms with Gasteiger partial charge in [0.05, 0.1) is 0 Å². The summed E-state index contributed by atoms with van der Waals surface area (Å²) in [4.78, 5) is 0.633. The molecule has 1 aromatic carbocycles. The molecule has 0 aromatic heterocycles. The van der Waals surface area contributed by atoms with Gasteiger partial charge in [-0.2, -0.15) is 20.5 Å². The zero-order valence-corrected chi connectivity index (χ0v) is 11.0. The summed E-state index contributed by atoms with van der Waals surface area (Å²) in [6, 6.07) is 7.28. The molecule has 0 amide bonds. The number of nitrogens with one attached hydrogen (secondary N) is 1. The minimum atomic E-state index is -2.36. The third-order valence-electron chi connectivity index (χ3n) is 2.71. The van der Waals surface area contributed by atoms with Crippen LogP contribution in [0.4, 0.5) is 14.5 Å². The molecule has 1 aromatic rings. The van der Waals surface area contributed by atoms with Gasteiger partial charge in [-0.3, -0.25) is 0 Å². The van der Waals surface area contributed by atoms with Crippen molar-refractivity contribution in [2.24, 2.45) is 5.92 Å². The Morgan fingerprint density at radius 1 is 1.41 bits per heavy atom. The number of benzene rings is 1. The molecule has 94 valence electrons. The van der Waals surface area contributed by atoms with Crippen LogP contribution in [0.3, 0.4) is 0 Å². The van der Waals surface area contributed by atoms with Crippen LogP contribution >= 0.6 is 23.5 Å². The van der Waals surface area contributed by atoms with Gasteiger partial charge in [-0.1, -0.05) is 23.9 Å². The van der Waals surface area contributed by atoms with Crippen LogP contribution in [0.5, 0.6) is 0 Å². The second-order valence-corrected chi connectivity index (χ2v) is 6.17. The highest BCUT2D eigenvalue weighted by atomic mass is 32.2. The van der Waals surface area contributed by atoms with E-state index < -0.39 is 5.76 Å². The van der Waals surface area contributed by atoms with Crippen LogP contribution in [0.2, 0.25) is 0 Å². The highest BCUT2D eigenvalue weighted by Crippen LogP contribution is 2.32. The molecule has 1 nitrogen and oxygen atoms in total. The number of anilines is 1. The number of thioether (sulfide) groups is 2. The Hall–Kier alpha value is -0.420. The van der Waals surface area contributed by atoms with Crippen molar-refractivity contribution in [3.8, 4) is 0 Å². The Kier molecular flexibility index (Phi) is 4.98. The van der Waals surface area contributed by atoms with Gasteiger partial charge in [0.1, 0.15) is 0 Å². The second-order valence-electron chi connectivity index (χ2n) is 3.99. The molecule has 1 atom stereocenters. The molecule has 0 aliphatic carbocycles. The lowest BCUT2D eigenvalue weighted by molar-refractivity contribution is 0.252. The fraction of sp³-hybridized carbons (Fsp3) is 0.500. The Morgan fingerprint density at radius 2 is 2.24 bits per heavy atom. The summed E-state index contributed by atoms with van der Waals surface area (Å²) in [6.07, 6.45) is 1.22. The van der Waals surface area contributed by atoms with Crippen molar-refractivity contribution in [1.29, 1.82) is 0 Å². The van der Waals surface area contributed by atoms with Crippen molar-refractivity contribution in [2.75, 3.05) is 23.4 Å². The molecule has 1 unspecified atom stereocenters. The van der Waals surface area contributed by atoms with Crippen molar-refractivity contribution in [2.45, 2.75) is 17.1 Å². The number of hydrogen-bond acceptors (Lipinski definition) is 3. The van der Waals surface area contributed by atoms with E-state index >= 15 is 0 Å². The van der Waals surface area contributed by atoms with E-state index in [1.165, 1.54) is 17.9 Å². The molecule has 1 aliphatic rings. The van der Waals surface area contributed by atoms with E-state index in [2.05, 4.69) is 5.32 Å². The van der Waals surface area contributed by atoms with Gasteiger partial charge in [-0.05, 0) is 36.0 Å². The fourth-order valence-electron chi connectivity index (χ4n) is 1.81. The average molecular weight is 275 g/mol. The maximum absolute atomic E-state index is 12.4. The first kappa shape index (κ1) is 13.0. The van der Waals surface area contributed by atoms with E-state index in [1.807, 2.05) is 23.9 Å². The van der Waals surface area contributed by atoms with E-state index in [1.54, 1.807) is 12.1 Å². The molecule has 1 N–H and O–H groups in total. The molecule has 1 saturated heterocycles. The molecular formula is C12H15F2NS2. The van der Waals surface area contributed by atoms with Gasteiger partial charge in [0.25, 0.3) is 5.76 Å². The van der Waals surface area contributed by atoms with Crippen LogP contribution in [0.1, 0.15) is 6.42 Å². The number of para-hydroxylation sites is 1. The van der Waals surface area contributed by atoms with E-state index in [0.717, 1.165) is 12.2 Å². The monoisotopic (exact) mass is 275 g/mol. The lowest BCUT2D eigenvalue weighted by Crippen LogP contribution is -2.13. The summed E-state index contributed by atoms with van der Waals surface area (Å²) < 4.78 is 24.7. The molecule has 0 saturated carbocycles. The first-order valence-electron chi connectivity index (χ1n) is 5.61. The Morgan fingerprint density at radius 3 is 2.94 bits per heavy atom. The quantitative estimate of drug-likeness (QED) is 0.810. The van der Waals surface area contributed by atoms with E-state index in [0.29, 0.717) is 22.6 Å². The van der Waals surface area contributed by atoms with Gasteiger partial charge in [0, 0.05) is 17.1 Å². The zero-order chi connectivity index (χ0) is 12.1. The summed E-state index contributed by atoms with van der Waals surface area (Å²) >= 11 is 2.57. The topological polar surface area (TPSA) is 12.0 Å². The van der Waals surface area contributed by atoms with Crippen molar-refractivity contribution in [3.63, 3.8) is 0 Å². The Balaban J connectivity index is 1.94. The number of halogens is 2. The summed E-state index contributed by atoms with van der Waals surface area (Å²) in [5.74, 6) is 0.710. The molecular weight excluding hydrogens is 260 g/mol. The maximum atomic E-state index is 12.4. The molecule has 1 aliphatic heterocycles. The van der Waals surface area contributed by atoms with Crippen molar-refractivity contribution in [3.05, 3.63) is 24.3 Å². The summed E-state index contributed by atoms with van der Waals surface area (Å²) in [5.41, 5.74) is 0.828. The van der Waals surface area contributed by atoms with E-state index in [4.69, 9.17) is 0 Å². The summed E-state index contributed by atoms with van der Waals surface area (Å²) in [7, 11) is 0. The molecule has 2 rings (SSSR count). The fourth-order valence-corrected chi connectivity index (χ4v) is 3.71. The maximum Gasteiger partial charge on any atom is 0.288 e. The van der Waals surface area contributed by atoms with Crippen LogP contribution in [0, 0.1) is 5.92 Å². The number of hydrogen-bond donors (Lipinski definition) is 1. The Labute approximate surface area is 109 Å². The molecule has 17 heavy (non-hydrogen) atoms. The highest BCUT2D eigenvalue weighted by Gasteiger charge is 2.16. The standard InChI is InChI=1S/C12H15F2NS2/c13-12(14)17-11-4-2-1-3-10(11)15-7-9-5-6-16-8-9/h1-4,9,12,15H,5-8H2. The third-order valence-corrected chi connectivity index (χ3v) is 4.73. The van der Waals surface area contributed by atoms with Gasteiger partial charge < -0.3 is 5.32 Å². The number of rotatable bonds is 5. The van der Waals surface area contributed by atoms with Gasteiger partial charge in [0.15, 0.2) is 0 Å². The number of alkyl halides is 2. The smallest absolute Gasteiger partial charge is 0.288 e. The molecule has 1 fully saturated rings. The predicted octanol–water partition coefficient (Wildman–Crippen LogP) is 4.17. The van der Waals surface area contributed by atoms with Crippen molar-refractivity contribution >= 4 is 29.2 Å². The van der Waals surface area contributed by atoms with Gasteiger partial charge in [0.2, 0.25) is 0 Å². The SMILES string of the molecule is FC(F)Sc1ccccc1NCC1CCSC1. The summed E-state index contributed by atoms with van der Waals surface area (Å²) in [6.45, 7) is 0.883. The zero-order valence-electron chi connectivity index (χ0n) is 9.36. The van der Waals surface area contributed by atoms with E-state index in [-0.39, 0.29) is 0 Å². The van der Waals surface area contributed by atoms with Crippen molar-refractivity contribution < 1.29 is 8.78 Å². The lowest BCUT2D eigenvalue weighted by atomic mass is 10.1. The minimum absolute atomic E-state index is 0.606. The Bertz CT molecular complexity index is 354. The van der Waals surface area contributed by atoms with Crippen LogP contribution in [0.25, 0.3) is 0 Å². The minimum Gasteiger partial charge on any atom is -0.384 e. The van der Waals surface area contributed by atoms with Gasteiger partial charge in [-0.15, -0.1) is 0 Å². The van der Waals surface area contributed by atoms with Gasteiger partial charge >= 0.3 is 0 Å². The molecule has 1 heterocycles. The molecule has 0 spiro atoms. The largest absolute Gasteiger partial charge is 0.384 e. The first-order chi connectivity index (χ1) is 8.25. The lowest BCUT2D eigenvalue weighted by Gasteiger charge is -2.14.